The molecule has 0 atom stereocenters. The third kappa shape index (κ3) is 10.6. The molecular weight excluding hydrogens is 778 g/mol. The van der Waals surface area contributed by atoms with Crippen LogP contribution in [0.3, 0.4) is 0 Å². The Balaban J connectivity index is 0.000000277. The first kappa shape index (κ1) is 43.0. The molecule has 0 spiro atoms. The van der Waals surface area contributed by atoms with E-state index in [1.54, 1.807) is 44.2 Å². The zero-order valence-corrected chi connectivity index (χ0v) is 33.1. The Morgan fingerprint density at radius 1 is 0.566 bits per heavy atom. The fourth-order valence-corrected chi connectivity index (χ4v) is 6.60. The largest absolute Gasteiger partial charge is 1.00 e. The molecule has 0 bridgehead atoms. The van der Waals surface area contributed by atoms with Gasteiger partial charge in [0, 0.05) is 33.6 Å². The van der Waals surface area contributed by atoms with Crippen LogP contribution in [0.25, 0.3) is 21.5 Å². The number of hydrogen-bond donors (Lipinski definition) is 6. The molecule has 271 valence electrons. The molecule has 6 aromatic carbocycles. The summed E-state index contributed by atoms with van der Waals surface area (Å²) in [6.45, 7) is 3.42. The number of fused-ring (bicyclic) bond motifs is 2. The number of primary sulfonamides is 1. The van der Waals surface area contributed by atoms with E-state index in [1.165, 1.54) is 36.4 Å². The number of sulfonamides is 2. The molecule has 7 N–H and O–H groups in total. The maximum atomic E-state index is 12.3. The monoisotopic (exact) mass is 810 g/mol. The van der Waals surface area contributed by atoms with Crippen LogP contribution in [0.5, 0.6) is 23.0 Å². The van der Waals surface area contributed by atoms with E-state index in [1.807, 2.05) is 30.3 Å². The van der Waals surface area contributed by atoms with E-state index >= 15 is 0 Å². The van der Waals surface area contributed by atoms with Crippen LogP contribution in [0.1, 0.15) is 13.8 Å². The van der Waals surface area contributed by atoms with Gasteiger partial charge in [-0.05, 0) is 73.2 Å². The molecule has 0 saturated heterocycles. The molecule has 0 aliphatic heterocycles. The van der Waals surface area contributed by atoms with Gasteiger partial charge in [-0.3, -0.25) is 0 Å². The van der Waals surface area contributed by atoms with Gasteiger partial charge < -0.3 is 20.4 Å². The number of hydrogen-bond acceptors (Lipinski definition) is 12. The van der Waals surface area contributed by atoms with Gasteiger partial charge >= 0.3 is 29.6 Å². The molecule has 1 radical (unpaired) electrons. The number of aromatic hydroxyl groups is 4. The number of azo groups is 2. The molecular formula is C35H32CoN6NaO8S2+. The second-order valence-electron chi connectivity index (χ2n) is 11.3. The summed E-state index contributed by atoms with van der Waals surface area (Å²) in [5, 5.41) is 63.9. The van der Waals surface area contributed by atoms with Crippen LogP contribution in [-0.4, -0.2) is 43.3 Å². The Morgan fingerprint density at radius 3 is 1.40 bits per heavy atom. The van der Waals surface area contributed by atoms with Gasteiger partial charge in [-0.25, -0.2) is 26.7 Å². The van der Waals surface area contributed by atoms with Crippen LogP contribution in [0.2, 0.25) is 0 Å². The van der Waals surface area contributed by atoms with Crippen LogP contribution in [0.15, 0.2) is 139 Å². The van der Waals surface area contributed by atoms with Gasteiger partial charge in [-0.1, -0.05) is 60.7 Å². The molecule has 6 rings (SSSR count). The van der Waals surface area contributed by atoms with Crippen LogP contribution >= 0.6 is 0 Å². The van der Waals surface area contributed by atoms with Crippen molar-refractivity contribution in [3.05, 3.63) is 109 Å². The molecule has 0 unspecified atom stereocenters. The zero-order chi connectivity index (χ0) is 36.9. The summed E-state index contributed by atoms with van der Waals surface area (Å²) in [6, 6.07) is 28.0. The first-order chi connectivity index (χ1) is 24.1. The average Bonchev–Trinajstić information content (AvgIpc) is 3.08. The molecule has 0 fully saturated rings. The van der Waals surface area contributed by atoms with Gasteiger partial charge in [0.25, 0.3) is 0 Å². The molecule has 53 heavy (non-hydrogen) atoms. The van der Waals surface area contributed by atoms with Crippen LogP contribution in [-0.2, 0) is 36.8 Å². The van der Waals surface area contributed by atoms with Gasteiger partial charge in [0.05, 0.1) is 9.79 Å². The van der Waals surface area contributed by atoms with Crippen molar-refractivity contribution < 1.29 is 83.6 Å². The smallest absolute Gasteiger partial charge is 0.506 e. The van der Waals surface area contributed by atoms with Gasteiger partial charge in [0.15, 0.2) is 0 Å². The Labute approximate surface area is 337 Å². The second-order valence-corrected chi connectivity index (χ2v) is 14.6. The van der Waals surface area contributed by atoms with Crippen molar-refractivity contribution in [2.45, 2.75) is 29.7 Å². The number of benzene rings is 6. The average molecular weight is 811 g/mol. The summed E-state index contributed by atoms with van der Waals surface area (Å²) in [6.07, 6.45) is 0. The predicted molar refractivity (Wildman–Crippen MR) is 193 cm³/mol. The first-order valence-electron chi connectivity index (χ1n) is 15.1. The number of phenolic OH excluding ortho intramolecular Hbond substituents is 4. The minimum atomic E-state index is -3.93. The normalized spacial score (nSPS) is 11.7. The third-order valence-electron chi connectivity index (χ3n) is 7.20. The molecule has 14 nitrogen and oxygen atoms in total. The number of nitrogens with one attached hydrogen (secondary N) is 1. The summed E-state index contributed by atoms with van der Waals surface area (Å²) in [5.41, 5.74) is 0.359. The summed E-state index contributed by atoms with van der Waals surface area (Å²) in [5.74, 6) is -0.630. The molecule has 18 heteroatoms. The van der Waals surface area contributed by atoms with Crippen molar-refractivity contribution in [3.63, 3.8) is 0 Å². The summed E-state index contributed by atoms with van der Waals surface area (Å²) in [7, 11) is -7.67. The Bertz CT molecular complexity index is 2550. The molecule has 0 saturated carbocycles. The van der Waals surface area contributed by atoms with E-state index in [2.05, 4.69) is 25.2 Å². The number of rotatable bonds is 8. The van der Waals surface area contributed by atoms with Crippen molar-refractivity contribution in [1.82, 2.24) is 4.72 Å². The Kier molecular flexibility index (Phi) is 14.6. The van der Waals surface area contributed by atoms with Crippen molar-refractivity contribution in [1.29, 1.82) is 0 Å². The van der Waals surface area contributed by atoms with E-state index in [0.29, 0.717) is 10.8 Å². The quantitative estimate of drug-likeness (QED) is 0.0931. The van der Waals surface area contributed by atoms with Crippen molar-refractivity contribution in [3.8, 4) is 23.0 Å². The fourth-order valence-electron chi connectivity index (χ4n) is 4.79. The second kappa shape index (κ2) is 18.1. The fraction of sp³-hybridized carbons (Fsp3) is 0.0857. The Morgan fingerprint density at radius 2 is 0.962 bits per heavy atom. The molecule has 0 aliphatic carbocycles. The summed E-state index contributed by atoms with van der Waals surface area (Å²) >= 11 is 0. The van der Waals surface area contributed by atoms with Crippen molar-refractivity contribution in [2.75, 3.05) is 0 Å². The maximum absolute atomic E-state index is 12.3. The first-order valence-corrected chi connectivity index (χ1v) is 18.1. The molecule has 0 aromatic heterocycles. The summed E-state index contributed by atoms with van der Waals surface area (Å²) < 4.78 is 49.8. The van der Waals surface area contributed by atoms with Crippen molar-refractivity contribution in [2.24, 2.45) is 25.6 Å². The topological polar surface area (TPSA) is 237 Å². The van der Waals surface area contributed by atoms with Crippen molar-refractivity contribution >= 4 is 64.3 Å². The minimum Gasteiger partial charge on any atom is -0.506 e. The Hall–Kier alpha value is -4.43. The van der Waals surface area contributed by atoms with E-state index in [0.717, 1.165) is 22.9 Å². The molecule has 0 amide bonds. The van der Waals surface area contributed by atoms with Gasteiger partial charge in [-0.15, -0.1) is 20.5 Å². The molecule has 6 aromatic rings. The summed E-state index contributed by atoms with van der Waals surface area (Å²) in [4.78, 5) is -0.235. The molecule has 0 aliphatic rings. The molecule has 0 heterocycles. The predicted octanol–water partition coefficient (Wildman–Crippen LogP) is 4.67. The van der Waals surface area contributed by atoms with Crippen LogP contribution in [0, 0.1) is 0 Å². The standard InChI is InChI=1S/C19H19N3O4S.C16H13N3O4S.Co.Na/c1-12(2)22-27(25,26)14-8-10-17(23)16(11-14)20-21-19-15-6-4-3-5-13(15)7-9-18(19)24;17-24(22,23)11-6-8-14(20)13(9-11)18-19-16-12-4-2-1-3-10(12)5-7-15(16)21;;/h3-12,22-24H,1-2H3;1-9,20-21H,(H2,17,22,23);;/q;;;+1. The van der Waals surface area contributed by atoms with E-state index in [-0.39, 0.29) is 108 Å². The zero-order valence-electron chi connectivity index (χ0n) is 28.4. The number of nitrogens with two attached hydrogens (primary N) is 1. The SMILES string of the molecule is CC(C)NS(=O)(=O)c1ccc(O)c(N=Nc2c(O)ccc3ccccc23)c1.NS(=O)(=O)c1ccc(O)c(N=Nc2c(O)ccc3ccccc23)c1.[Co].[Na+]. The van der Waals surface area contributed by atoms with Gasteiger partial charge in [-0.2, -0.15) is 0 Å². The van der Waals surface area contributed by atoms with Crippen LogP contribution in [0.4, 0.5) is 22.7 Å². The van der Waals surface area contributed by atoms with E-state index in [4.69, 9.17) is 5.14 Å². The van der Waals surface area contributed by atoms with Gasteiger partial charge in [0.2, 0.25) is 20.0 Å². The maximum Gasteiger partial charge on any atom is 1.00 e. The van der Waals surface area contributed by atoms with E-state index in [9.17, 15) is 37.3 Å². The van der Waals surface area contributed by atoms with Crippen LogP contribution < -0.4 is 39.4 Å². The minimum absolute atomic E-state index is 0. The van der Waals surface area contributed by atoms with Gasteiger partial charge in [0.1, 0.15) is 45.7 Å². The number of phenols is 4. The number of nitrogens with zero attached hydrogens (tertiary/aromatic N) is 4. The van der Waals surface area contributed by atoms with E-state index < -0.39 is 20.0 Å². The third-order valence-corrected chi connectivity index (χ3v) is 9.76.